The van der Waals surface area contributed by atoms with Crippen LogP contribution < -0.4 is 0 Å². The number of phenols is 4. The van der Waals surface area contributed by atoms with E-state index < -0.39 is 5.97 Å². The summed E-state index contributed by atoms with van der Waals surface area (Å²) in [5.41, 5.74) is 1.95. The highest BCUT2D eigenvalue weighted by molar-refractivity contribution is 5.66. The van der Waals surface area contributed by atoms with E-state index in [0.29, 0.717) is 11.8 Å². The van der Waals surface area contributed by atoms with E-state index in [0.717, 1.165) is 24.0 Å². The molecule has 0 fully saturated rings. The van der Waals surface area contributed by atoms with Crippen LogP contribution in [0.5, 0.6) is 23.0 Å². The molecular weight excluding hydrogens is 348 g/mol. The van der Waals surface area contributed by atoms with Crippen molar-refractivity contribution < 1.29 is 30.3 Å². The van der Waals surface area contributed by atoms with Gasteiger partial charge in [0.2, 0.25) is 0 Å². The summed E-state index contributed by atoms with van der Waals surface area (Å²) in [5.74, 6) is -0.431. The van der Waals surface area contributed by atoms with Gasteiger partial charge >= 0.3 is 5.97 Å². The Balaban J connectivity index is 0.000000646. The molecule has 0 amide bonds. The number of rotatable bonds is 6. The summed E-state index contributed by atoms with van der Waals surface area (Å²) >= 11 is 0. The molecule has 0 aliphatic carbocycles. The van der Waals surface area contributed by atoms with Crippen molar-refractivity contribution in [1.29, 1.82) is 0 Å². The molecule has 0 radical (unpaired) electrons. The Bertz CT molecular complexity index is 699. The standard InChI is InChI=1S/C18H22O4.C3H6O2/c1-11(7-13-3-5-15(19)17(21)9-13)12(2)8-14-4-6-16(20)18(22)10-14;1-2-3(4)5/h3-6,9-12,19-22H,7-8H2,1-2H3;2H2,1H3,(H,4,5)/t11-,12+;. The zero-order chi connectivity index (χ0) is 20.6. The van der Waals surface area contributed by atoms with Crippen molar-refractivity contribution >= 4 is 5.97 Å². The summed E-state index contributed by atoms with van der Waals surface area (Å²) in [6, 6.07) is 9.80. The van der Waals surface area contributed by atoms with Crippen molar-refractivity contribution in [3.63, 3.8) is 0 Å². The first-order chi connectivity index (χ1) is 12.6. The highest BCUT2D eigenvalue weighted by Crippen LogP contribution is 2.30. The number of hydrogen-bond acceptors (Lipinski definition) is 5. The Hall–Kier alpha value is -2.89. The fourth-order valence-corrected chi connectivity index (χ4v) is 2.54. The van der Waals surface area contributed by atoms with E-state index in [2.05, 4.69) is 13.8 Å². The van der Waals surface area contributed by atoms with Crippen LogP contribution >= 0.6 is 0 Å². The molecule has 2 aromatic carbocycles. The fraction of sp³-hybridized carbons (Fsp3) is 0.381. The Morgan fingerprint density at radius 3 is 1.37 bits per heavy atom. The van der Waals surface area contributed by atoms with Crippen LogP contribution in [-0.2, 0) is 17.6 Å². The van der Waals surface area contributed by atoms with Gasteiger partial charge in [0.05, 0.1) is 0 Å². The van der Waals surface area contributed by atoms with Crippen molar-refractivity contribution in [3.8, 4) is 23.0 Å². The zero-order valence-corrected chi connectivity index (χ0v) is 15.9. The van der Waals surface area contributed by atoms with Gasteiger partial charge in [-0.2, -0.15) is 0 Å². The fourth-order valence-electron chi connectivity index (χ4n) is 2.54. The van der Waals surface area contributed by atoms with Gasteiger partial charge < -0.3 is 25.5 Å². The van der Waals surface area contributed by atoms with Crippen molar-refractivity contribution in [2.75, 3.05) is 0 Å². The molecule has 0 spiro atoms. The minimum atomic E-state index is -0.745. The molecule has 148 valence electrons. The number of aliphatic carboxylic acids is 1. The summed E-state index contributed by atoms with van der Waals surface area (Å²) in [6.07, 6.45) is 1.80. The van der Waals surface area contributed by atoms with Gasteiger partial charge in [0.25, 0.3) is 0 Å². The summed E-state index contributed by atoms with van der Waals surface area (Å²) in [6.45, 7) is 5.87. The van der Waals surface area contributed by atoms with E-state index in [9.17, 15) is 25.2 Å². The van der Waals surface area contributed by atoms with Crippen molar-refractivity contribution in [2.24, 2.45) is 11.8 Å². The van der Waals surface area contributed by atoms with Crippen LogP contribution in [0.3, 0.4) is 0 Å². The van der Waals surface area contributed by atoms with Gasteiger partial charge in [-0.15, -0.1) is 0 Å². The predicted molar refractivity (Wildman–Crippen MR) is 103 cm³/mol. The molecule has 0 heterocycles. The number of carboxylic acid groups (broad SMARTS) is 1. The van der Waals surface area contributed by atoms with E-state index >= 15 is 0 Å². The SMILES string of the molecule is CCC(=O)O.C[C@H](Cc1ccc(O)c(O)c1)[C@@H](C)Cc1ccc(O)c(O)c1. The summed E-state index contributed by atoms with van der Waals surface area (Å²) < 4.78 is 0. The number of carbonyl (C=O) groups is 1. The third-order valence-electron chi connectivity index (χ3n) is 4.47. The largest absolute Gasteiger partial charge is 0.504 e. The lowest BCUT2D eigenvalue weighted by Crippen LogP contribution is -2.13. The molecule has 2 aromatic rings. The van der Waals surface area contributed by atoms with Crippen molar-refractivity contribution in [2.45, 2.75) is 40.0 Å². The topological polar surface area (TPSA) is 118 Å². The zero-order valence-electron chi connectivity index (χ0n) is 15.9. The van der Waals surface area contributed by atoms with Gasteiger partial charge in [-0.3, -0.25) is 4.79 Å². The van der Waals surface area contributed by atoms with Crippen LogP contribution in [-0.4, -0.2) is 31.5 Å². The Morgan fingerprint density at radius 1 is 0.778 bits per heavy atom. The highest BCUT2D eigenvalue weighted by Gasteiger charge is 2.15. The number of benzene rings is 2. The van der Waals surface area contributed by atoms with Crippen LogP contribution in [0.15, 0.2) is 36.4 Å². The van der Waals surface area contributed by atoms with Gasteiger partial charge in [0.15, 0.2) is 23.0 Å². The maximum atomic E-state index is 9.54. The minimum Gasteiger partial charge on any atom is -0.504 e. The van der Waals surface area contributed by atoms with Crippen molar-refractivity contribution in [1.82, 2.24) is 0 Å². The monoisotopic (exact) mass is 376 g/mol. The lowest BCUT2D eigenvalue weighted by molar-refractivity contribution is -0.136. The quantitative estimate of drug-likeness (QED) is 0.486. The molecule has 0 aliphatic rings. The minimum absolute atomic E-state index is 0.0965. The van der Waals surface area contributed by atoms with Crippen LogP contribution in [0.2, 0.25) is 0 Å². The summed E-state index contributed by atoms with van der Waals surface area (Å²) in [5, 5.41) is 45.5. The molecular formula is C21H28O6. The normalized spacial score (nSPS) is 12.6. The maximum absolute atomic E-state index is 9.54. The molecule has 6 heteroatoms. The number of phenolic OH excluding ortho intramolecular Hbond substituents is 4. The second-order valence-electron chi connectivity index (χ2n) is 6.76. The van der Waals surface area contributed by atoms with E-state index in [1.807, 2.05) is 12.1 Å². The number of aromatic hydroxyl groups is 4. The van der Waals surface area contributed by atoms with Gasteiger partial charge in [0.1, 0.15) is 0 Å². The summed E-state index contributed by atoms with van der Waals surface area (Å²) in [7, 11) is 0. The molecule has 0 aliphatic heterocycles. The third kappa shape index (κ3) is 7.48. The third-order valence-corrected chi connectivity index (χ3v) is 4.47. The molecule has 0 unspecified atom stereocenters. The van der Waals surface area contributed by atoms with Crippen LogP contribution in [0.25, 0.3) is 0 Å². The van der Waals surface area contributed by atoms with Gasteiger partial charge in [0, 0.05) is 6.42 Å². The molecule has 0 saturated carbocycles. The molecule has 0 aromatic heterocycles. The average Bonchev–Trinajstić information content (AvgIpc) is 2.61. The molecule has 5 N–H and O–H groups in total. The Labute approximate surface area is 159 Å². The van der Waals surface area contributed by atoms with E-state index in [1.165, 1.54) is 12.1 Å². The second kappa shape index (κ2) is 10.3. The molecule has 0 bridgehead atoms. The Kier molecular flexibility index (Phi) is 8.45. The first kappa shape index (κ1) is 22.2. The molecule has 27 heavy (non-hydrogen) atoms. The Morgan fingerprint density at radius 2 is 1.11 bits per heavy atom. The number of hydrogen-bond donors (Lipinski definition) is 5. The van der Waals surface area contributed by atoms with Gasteiger partial charge in [-0.05, 0) is 60.1 Å². The first-order valence-corrected chi connectivity index (χ1v) is 8.87. The molecule has 6 nitrogen and oxygen atoms in total. The molecule has 0 saturated heterocycles. The molecule has 2 rings (SSSR count). The first-order valence-electron chi connectivity index (χ1n) is 8.87. The second-order valence-corrected chi connectivity index (χ2v) is 6.76. The maximum Gasteiger partial charge on any atom is 0.303 e. The average molecular weight is 376 g/mol. The highest BCUT2D eigenvalue weighted by atomic mass is 16.4. The van der Waals surface area contributed by atoms with Crippen molar-refractivity contribution in [3.05, 3.63) is 47.5 Å². The lowest BCUT2D eigenvalue weighted by Gasteiger charge is -2.20. The predicted octanol–water partition coefficient (Wildman–Crippen LogP) is 4.05. The smallest absolute Gasteiger partial charge is 0.303 e. The molecule has 2 atom stereocenters. The van der Waals surface area contributed by atoms with E-state index in [-0.39, 0.29) is 29.4 Å². The van der Waals surface area contributed by atoms with Crippen LogP contribution in [0.4, 0.5) is 0 Å². The van der Waals surface area contributed by atoms with Gasteiger partial charge in [-0.25, -0.2) is 0 Å². The van der Waals surface area contributed by atoms with E-state index in [4.69, 9.17) is 5.11 Å². The van der Waals surface area contributed by atoms with Gasteiger partial charge in [-0.1, -0.05) is 32.9 Å². The lowest BCUT2D eigenvalue weighted by atomic mass is 9.85. The number of carboxylic acids is 1. The van der Waals surface area contributed by atoms with Crippen LogP contribution in [0.1, 0.15) is 38.3 Å². The van der Waals surface area contributed by atoms with E-state index in [1.54, 1.807) is 19.1 Å². The summed E-state index contributed by atoms with van der Waals surface area (Å²) in [4.78, 5) is 9.37. The van der Waals surface area contributed by atoms with Crippen LogP contribution in [0, 0.1) is 11.8 Å².